The van der Waals surface area contributed by atoms with E-state index in [1.807, 2.05) is 18.1 Å². The van der Waals surface area contributed by atoms with Crippen LogP contribution in [0.15, 0.2) is 29.2 Å². The molecule has 6 heteroatoms. The number of nitrogens with zero attached hydrogens (tertiary/aromatic N) is 4. The summed E-state index contributed by atoms with van der Waals surface area (Å²) in [5, 5.41) is 8.47. The summed E-state index contributed by atoms with van der Waals surface area (Å²) in [7, 11) is 1.88. The second-order valence-electron chi connectivity index (χ2n) is 6.01. The highest BCUT2D eigenvalue weighted by Crippen LogP contribution is 2.35. The number of hydrogen-bond acceptors (Lipinski definition) is 4. The number of thiophene rings is 1. The minimum atomic E-state index is 0.156. The second kappa shape index (κ2) is 4.96. The third-order valence-corrected chi connectivity index (χ3v) is 5.24. The van der Waals surface area contributed by atoms with Gasteiger partial charge in [0.15, 0.2) is 0 Å². The molecule has 0 radical (unpaired) electrons. The van der Waals surface area contributed by atoms with E-state index in [0.717, 1.165) is 31.9 Å². The number of carbonyl (C=O) groups excluding carboxylic acids is 1. The zero-order valence-electron chi connectivity index (χ0n) is 12.0. The Bertz CT molecular complexity index is 650. The molecule has 0 spiro atoms. The SMILES string of the molecule is Cn1cc(N2C[C@@H]3CN(Cc4ccsc4)C[C@@H]3C2=O)cn1. The molecule has 110 valence electrons. The van der Waals surface area contributed by atoms with E-state index in [-0.39, 0.29) is 11.8 Å². The van der Waals surface area contributed by atoms with Gasteiger partial charge in [-0.3, -0.25) is 14.4 Å². The molecule has 0 N–H and O–H groups in total. The van der Waals surface area contributed by atoms with Crippen molar-refractivity contribution in [3.05, 3.63) is 34.8 Å². The van der Waals surface area contributed by atoms with Crippen LogP contribution in [-0.4, -0.2) is 40.2 Å². The lowest BCUT2D eigenvalue weighted by Crippen LogP contribution is -2.32. The molecule has 4 heterocycles. The molecule has 0 aliphatic carbocycles. The Labute approximate surface area is 127 Å². The molecule has 5 nitrogen and oxygen atoms in total. The minimum absolute atomic E-state index is 0.156. The van der Waals surface area contributed by atoms with Crippen molar-refractivity contribution in [3.8, 4) is 0 Å². The molecular formula is C15H18N4OS. The Balaban J connectivity index is 1.45. The summed E-state index contributed by atoms with van der Waals surface area (Å²) in [4.78, 5) is 16.9. The maximum atomic E-state index is 12.6. The summed E-state index contributed by atoms with van der Waals surface area (Å²) in [5.41, 5.74) is 2.29. The highest BCUT2D eigenvalue weighted by molar-refractivity contribution is 7.07. The van der Waals surface area contributed by atoms with Gasteiger partial charge in [0.05, 0.1) is 17.8 Å². The van der Waals surface area contributed by atoms with Crippen molar-refractivity contribution >= 4 is 22.9 Å². The standard InChI is InChI=1S/C15H18N4OS/c1-17-8-13(4-16-17)19-7-12-6-18(9-14(12)15(19)20)5-11-2-3-21-10-11/h2-4,8,10,12,14H,5-7,9H2,1H3/t12-,14-/m0/s1. The van der Waals surface area contributed by atoms with E-state index in [9.17, 15) is 4.79 Å². The van der Waals surface area contributed by atoms with Crippen LogP contribution in [0.4, 0.5) is 5.69 Å². The highest BCUT2D eigenvalue weighted by atomic mass is 32.1. The number of aryl methyl sites for hydroxylation is 1. The average Bonchev–Trinajstić information content (AvgIpc) is 3.19. The van der Waals surface area contributed by atoms with E-state index in [4.69, 9.17) is 0 Å². The normalized spacial score (nSPS) is 25.8. The predicted molar refractivity (Wildman–Crippen MR) is 82.1 cm³/mol. The molecule has 0 aromatic carbocycles. The number of fused-ring (bicyclic) bond motifs is 1. The van der Waals surface area contributed by atoms with Gasteiger partial charge in [0, 0.05) is 45.3 Å². The number of rotatable bonds is 3. The highest BCUT2D eigenvalue weighted by Gasteiger charge is 2.46. The van der Waals surface area contributed by atoms with Gasteiger partial charge in [-0.05, 0) is 22.4 Å². The minimum Gasteiger partial charge on any atom is -0.309 e. The molecule has 2 aromatic rings. The second-order valence-corrected chi connectivity index (χ2v) is 6.79. The van der Waals surface area contributed by atoms with Gasteiger partial charge in [-0.2, -0.15) is 16.4 Å². The van der Waals surface area contributed by atoms with Crippen LogP contribution >= 0.6 is 11.3 Å². The quantitative estimate of drug-likeness (QED) is 0.864. The van der Waals surface area contributed by atoms with Crippen LogP contribution in [0.3, 0.4) is 0 Å². The maximum Gasteiger partial charge on any atom is 0.231 e. The Morgan fingerprint density at radius 2 is 2.29 bits per heavy atom. The van der Waals surface area contributed by atoms with Crippen LogP contribution in [0.1, 0.15) is 5.56 Å². The van der Waals surface area contributed by atoms with Crippen LogP contribution in [0, 0.1) is 11.8 Å². The van der Waals surface area contributed by atoms with Crippen molar-refractivity contribution in [1.29, 1.82) is 0 Å². The molecule has 0 bridgehead atoms. The van der Waals surface area contributed by atoms with Crippen LogP contribution in [0.25, 0.3) is 0 Å². The predicted octanol–water partition coefficient (Wildman–Crippen LogP) is 1.58. The van der Waals surface area contributed by atoms with Crippen molar-refractivity contribution < 1.29 is 4.79 Å². The topological polar surface area (TPSA) is 41.4 Å². The van der Waals surface area contributed by atoms with Crippen LogP contribution in [0.5, 0.6) is 0 Å². The van der Waals surface area contributed by atoms with E-state index in [1.54, 1.807) is 22.2 Å². The number of carbonyl (C=O) groups is 1. The van der Waals surface area contributed by atoms with Crippen LogP contribution in [0.2, 0.25) is 0 Å². The smallest absolute Gasteiger partial charge is 0.231 e. The molecule has 4 rings (SSSR count). The first-order chi connectivity index (χ1) is 10.2. The first-order valence-electron chi connectivity index (χ1n) is 7.24. The monoisotopic (exact) mass is 302 g/mol. The van der Waals surface area contributed by atoms with Crippen LogP contribution in [-0.2, 0) is 18.4 Å². The van der Waals surface area contributed by atoms with Crippen molar-refractivity contribution in [2.45, 2.75) is 6.54 Å². The lowest BCUT2D eigenvalue weighted by atomic mass is 10.0. The summed E-state index contributed by atoms with van der Waals surface area (Å²) in [5.74, 6) is 0.876. The van der Waals surface area contributed by atoms with Gasteiger partial charge in [-0.15, -0.1) is 0 Å². The van der Waals surface area contributed by atoms with E-state index in [1.165, 1.54) is 5.56 Å². The summed E-state index contributed by atoms with van der Waals surface area (Å²) in [6.45, 7) is 3.70. The van der Waals surface area contributed by atoms with Crippen molar-refractivity contribution in [2.24, 2.45) is 18.9 Å². The fourth-order valence-corrected chi connectivity index (χ4v) is 4.16. The molecule has 2 saturated heterocycles. The van der Waals surface area contributed by atoms with Gasteiger partial charge in [0.2, 0.25) is 5.91 Å². The van der Waals surface area contributed by atoms with Gasteiger partial charge in [0.1, 0.15) is 0 Å². The molecule has 1 amide bonds. The maximum absolute atomic E-state index is 12.6. The molecule has 21 heavy (non-hydrogen) atoms. The summed E-state index contributed by atoms with van der Waals surface area (Å²) in [6.07, 6.45) is 3.70. The molecule has 2 fully saturated rings. The lowest BCUT2D eigenvalue weighted by Gasteiger charge is -2.20. The molecular weight excluding hydrogens is 284 g/mol. The van der Waals surface area contributed by atoms with Crippen LogP contribution < -0.4 is 4.90 Å². The third-order valence-electron chi connectivity index (χ3n) is 4.51. The number of anilines is 1. The zero-order valence-corrected chi connectivity index (χ0v) is 12.8. The van der Waals surface area contributed by atoms with E-state index < -0.39 is 0 Å². The first kappa shape index (κ1) is 13.0. The Morgan fingerprint density at radius 3 is 2.95 bits per heavy atom. The Hall–Kier alpha value is -1.66. The van der Waals surface area contributed by atoms with Crippen molar-refractivity contribution in [1.82, 2.24) is 14.7 Å². The fraction of sp³-hybridized carbons (Fsp3) is 0.467. The molecule has 2 aliphatic rings. The lowest BCUT2D eigenvalue weighted by molar-refractivity contribution is -0.120. The van der Waals surface area contributed by atoms with Crippen molar-refractivity contribution in [3.63, 3.8) is 0 Å². The van der Waals surface area contributed by atoms with Gasteiger partial charge in [-0.25, -0.2) is 0 Å². The summed E-state index contributed by atoms with van der Waals surface area (Å²) in [6, 6.07) is 2.17. The molecule has 2 aliphatic heterocycles. The number of likely N-dealkylation sites (tertiary alicyclic amines) is 1. The summed E-state index contributed by atoms with van der Waals surface area (Å²) >= 11 is 1.73. The van der Waals surface area contributed by atoms with Gasteiger partial charge >= 0.3 is 0 Å². The summed E-state index contributed by atoms with van der Waals surface area (Å²) < 4.78 is 1.75. The zero-order chi connectivity index (χ0) is 14.4. The average molecular weight is 302 g/mol. The molecule has 0 unspecified atom stereocenters. The van der Waals surface area contributed by atoms with E-state index in [0.29, 0.717) is 5.92 Å². The molecule has 2 atom stereocenters. The van der Waals surface area contributed by atoms with Gasteiger partial charge in [0.25, 0.3) is 0 Å². The number of amides is 1. The first-order valence-corrected chi connectivity index (χ1v) is 8.18. The third kappa shape index (κ3) is 2.28. The largest absolute Gasteiger partial charge is 0.309 e. The Kier molecular flexibility index (Phi) is 3.08. The van der Waals surface area contributed by atoms with E-state index >= 15 is 0 Å². The Morgan fingerprint density at radius 1 is 1.38 bits per heavy atom. The van der Waals surface area contributed by atoms with Crippen molar-refractivity contribution in [2.75, 3.05) is 24.5 Å². The van der Waals surface area contributed by atoms with E-state index in [2.05, 4.69) is 26.8 Å². The van der Waals surface area contributed by atoms with Gasteiger partial charge < -0.3 is 4.90 Å². The number of aromatic nitrogens is 2. The fourth-order valence-electron chi connectivity index (χ4n) is 3.50. The van der Waals surface area contributed by atoms with Gasteiger partial charge in [-0.1, -0.05) is 0 Å². The molecule has 0 saturated carbocycles. The molecule has 2 aromatic heterocycles. The number of hydrogen-bond donors (Lipinski definition) is 0.